The van der Waals surface area contributed by atoms with Crippen molar-refractivity contribution in [3.8, 4) is 6.07 Å². The molecule has 1 atom stereocenters. The zero-order valence-corrected chi connectivity index (χ0v) is 14.9. The molecule has 3 rings (SSSR count). The molecule has 2 aliphatic rings. The number of hydrogen-bond acceptors (Lipinski definition) is 4. The quantitative estimate of drug-likeness (QED) is 0.899. The average molecular weight is 355 g/mol. The molecule has 0 unspecified atom stereocenters. The monoisotopic (exact) mass is 355 g/mol. The summed E-state index contributed by atoms with van der Waals surface area (Å²) < 4.78 is 5.34. The van der Waals surface area contributed by atoms with Crippen LogP contribution in [0.2, 0.25) is 0 Å². The van der Waals surface area contributed by atoms with Gasteiger partial charge in [0.15, 0.2) is 0 Å². The highest BCUT2D eigenvalue weighted by Crippen LogP contribution is 2.32. The van der Waals surface area contributed by atoms with Crippen LogP contribution >= 0.6 is 0 Å². The van der Waals surface area contributed by atoms with Crippen molar-refractivity contribution in [2.75, 3.05) is 6.54 Å². The number of carbonyl (C=O) groups excluding carboxylic acids is 2. The minimum Gasteiger partial charge on any atom is -0.445 e. The first-order chi connectivity index (χ1) is 12.6. The van der Waals surface area contributed by atoms with Crippen molar-refractivity contribution < 1.29 is 14.3 Å². The molecule has 6 nitrogen and oxygen atoms in total. The third-order valence-electron chi connectivity index (χ3n) is 5.33. The number of amides is 2. The molecular weight excluding hydrogens is 330 g/mol. The van der Waals surface area contributed by atoms with E-state index in [9.17, 15) is 14.9 Å². The SMILES string of the molecule is N#C[C@@H]1CCCN1C(=O)C1(NC(=O)OCc2ccccc2)CCCCC1. The van der Waals surface area contributed by atoms with Crippen LogP contribution in [0.3, 0.4) is 0 Å². The van der Waals surface area contributed by atoms with E-state index in [0.29, 0.717) is 25.8 Å². The van der Waals surface area contributed by atoms with E-state index in [4.69, 9.17) is 4.74 Å². The summed E-state index contributed by atoms with van der Waals surface area (Å²) in [4.78, 5) is 27.2. The van der Waals surface area contributed by atoms with Crippen molar-refractivity contribution in [1.82, 2.24) is 10.2 Å². The molecule has 6 heteroatoms. The number of alkyl carbamates (subject to hydrolysis) is 1. The standard InChI is InChI=1S/C20H25N3O3/c21-14-17-10-7-13-23(17)18(24)20(11-5-2-6-12-20)22-19(25)26-15-16-8-3-1-4-9-16/h1,3-4,8-9,17H,2,5-7,10-13,15H2,(H,22,25)/t17-/m0/s1. The Hall–Kier alpha value is -2.55. The zero-order valence-electron chi connectivity index (χ0n) is 14.9. The number of nitrogens with one attached hydrogen (secondary N) is 1. The van der Waals surface area contributed by atoms with Gasteiger partial charge in [-0.25, -0.2) is 4.79 Å². The number of hydrogen-bond donors (Lipinski definition) is 1. The number of ether oxygens (including phenoxy) is 1. The Morgan fingerprint density at radius 3 is 2.62 bits per heavy atom. The van der Waals surface area contributed by atoms with Gasteiger partial charge in [-0.05, 0) is 31.2 Å². The molecule has 1 aromatic rings. The Morgan fingerprint density at radius 1 is 1.19 bits per heavy atom. The molecule has 1 aliphatic carbocycles. The number of rotatable bonds is 4. The Bertz CT molecular complexity index is 677. The summed E-state index contributed by atoms with van der Waals surface area (Å²) in [6, 6.07) is 11.3. The van der Waals surface area contributed by atoms with Crippen LogP contribution in [-0.4, -0.2) is 35.0 Å². The highest BCUT2D eigenvalue weighted by Gasteiger charge is 2.46. The number of carbonyl (C=O) groups is 2. The van der Waals surface area contributed by atoms with Crippen LogP contribution in [0.1, 0.15) is 50.5 Å². The molecule has 26 heavy (non-hydrogen) atoms. The second kappa shape index (κ2) is 8.22. The fourth-order valence-corrected chi connectivity index (χ4v) is 3.92. The van der Waals surface area contributed by atoms with Gasteiger partial charge >= 0.3 is 6.09 Å². The lowest BCUT2D eigenvalue weighted by atomic mass is 9.80. The first-order valence-corrected chi connectivity index (χ1v) is 9.34. The lowest BCUT2D eigenvalue weighted by molar-refractivity contribution is -0.139. The molecule has 0 radical (unpaired) electrons. The summed E-state index contributed by atoms with van der Waals surface area (Å²) in [5, 5.41) is 12.2. The summed E-state index contributed by atoms with van der Waals surface area (Å²) >= 11 is 0. The van der Waals surface area contributed by atoms with Crippen LogP contribution in [0.15, 0.2) is 30.3 Å². The van der Waals surface area contributed by atoms with Gasteiger partial charge in [0.1, 0.15) is 18.2 Å². The van der Waals surface area contributed by atoms with E-state index < -0.39 is 11.6 Å². The van der Waals surface area contributed by atoms with Gasteiger partial charge in [0, 0.05) is 6.54 Å². The summed E-state index contributed by atoms with van der Waals surface area (Å²) in [6.07, 6.45) is 4.98. The smallest absolute Gasteiger partial charge is 0.408 e. The maximum absolute atomic E-state index is 13.2. The Morgan fingerprint density at radius 2 is 1.92 bits per heavy atom. The van der Waals surface area contributed by atoms with Crippen LogP contribution in [0, 0.1) is 11.3 Å². The second-order valence-electron chi connectivity index (χ2n) is 7.12. The van der Waals surface area contributed by atoms with Gasteiger partial charge < -0.3 is 15.0 Å². The van der Waals surface area contributed by atoms with Crippen molar-refractivity contribution in [2.45, 2.75) is 63.1 Å². The molecule has 1 saturated heterocycles. The first-order valence-electron chi connectivity index (χ1n) is 9.34. The topological polar surface area (TPSA) is 82.4 Å². The van der Waals surface area contributed by atoms with Gasteiger partial charge in [0.25, 0.3) is 0 Å². The lowest BCUT2D eigenvalue weighted by Crippen LogP contribution is -2.61. The maximum Gasteiger partial charge on any atom is 0.408 e. The Labute approximate surface area is 154 Å². The summed E-state index contributed by atoms with van der Waals surface area (Å²) in [5.41, 5.74) is -0.0402. The molecule has 1 aliphatic heterocycles. The Balaban J connectivity index is 1.68. The van der Waals surface area contributed by atoms with E-state index >= 15 is 0 Å². The van der Waals surface area contributed by atoms with E-state index in [-0.39, 0.29) is 18.6 Å². The van der Waals surface area contributed by atoms with Crippen molar-refractivity contribution >= 4 is 12.0 Å². The molecule has 1 heterocycles. The lowest BCUT2D eigenvalue weighted by Gasteiger charge is -2.39. The van der Waals surface area contributed by atoms with Gasteiger partial charge in [-0.15, -0.1) is 0 Å². The van der Waals surface area contributed by atoms with E-state index in [1.807, 2.05) is 30.3 Å². The van der Waals surface area contributed by atoms with Crippen LogP contribution in [0.4, 0.5) is 4.79 Å². The number of nitrogens with zero attached hydrogens (tertiary/aromatic N) is 2. The van der Waals surface area contributed by atoms with Crippen molar-refractivity contribution in [2.24, 2.45) is 0 Å². The average Bonchev–Trinajstić information content (AvgIpc) is 3.16. The van der Waals surface area contributed by atoms with Gasteiger partial charge in [0.05, 0.1) is 6.07 Å². The minimum absolute atomic E-state index is 0.127. The highest BCUT2D eigenvalue weighted by atomic mass is 16.5. The number of nitriles is 1. The van der Waals surface area contributed by atoms with Crippen LogP contribution in [0.5, 0.6) is 0 Å². The maximum atomic E-state index is 13.2. The van der Waals surface area contributed by atoms with E-state index in [2.05, 4.69) is 11.4 Å². The summed E-state index contributed by atoms with van der Waals surface area (Å²) in [7, 11) is 0. The second-order valence-corrected chi connectivity index (χ2v) is 7.12. The normalized spacial score (nSPS) is 21.7. The number of benzene rings is 1. The Kier molecular flexibility index (Phi) is 5.77. The van der Waals surface area contributed by atoms with Crippen LogP contribution in [0.25, 0.3) is 0 Å². The zero-order chi connectivity index (χ0) is 18.4. The molecule has 1 saturated carbocycles. The van der Waals surface area contributed by atoms with Gasteiger partial charge in [-0.2, -0.15) is 5.26 Å². The third kappa shape index (κ3) is 3.98. The van der Waals surface area contributed by atoms with Gasteiger partial charge in [-0.1, -0.05) is 49.6 Å². The van der Waals surface area contributed by atoms with Gasteiger partial charge in [0.2, 0.25) is 5.91 Å². The minimum atomic E-state index is -0.939. The number of likely N-dealkylation sites (tertiary alicyclic amines) is 1. The van der Waals surface area contributed by atoms with E-state index in [1.54, 1.807) is 4.90 Å². The van der Waals surface area contributed by atoms with Crippen molar-refractivity contribution in [3.05, 3.63) is 35.9 Å². The van der Waals surface area contributed by atoms with Crippen LogP contribution in [-0.2, 0) is 16.1 Å². The molecule has 2 amide bonds. The molecule has 138 valence electrons. The highest BCUT2D eigenvalue weighted by molar-refractivity contribution is 5.90. The fraction of sp³-hybridized carbons (Fsp3) is 0.550. The molecule has 0 bridgehead atoms. The predicted octanol–water partition coefficient (Wildman–Crippen LogP) is 3.13. The van der Waals surface area contributed by atoms with E-state index in [0.717, 1.165) is 31.2 Å². The molecule has 1 aromatic carbocycles. The fourth-order valence-electron chi connectivity index (χ4n) is 3.92. The molecule has 2 fully saturated rings. The molecular formula is C20H25N3O3. The first kappa shape index (κ1) is 18.2. The summed E-state index contributed by atoms with van der Waals surface area (Å²) in [5.74, 6) is -0.127. The molecule has 1 N–H and O–H groups in total. The van der Waals surface area contributed by atoms with E-state index in [1.165, 1.54) is 0 Å². The van der Waals surface area contributed by atoms with Crippen molar-refractivity contribution in [3.63, 3.8) is 0 Å². The van der Waals surface area contributed by atoms with Crippen molar-refractivity contribution in [1.29, 1.82) is 5.26 Å². The summed E-state index contributed by atoms with van der Waals surface area (Å²) in [6.45, 7) is 0.751. The molecule has 0 spiro atoms. The van der Waals surface area contributed by atoms with Crippen LogP contribution < -0.4 is 5.32 Å². The predicted molar refractivity (Wildman–Crippen MR) is 95.9 cm³/mol. The molecule has 0 aromatic heterocycles. The van der Waals surface area contributed by atoms with Gasteiger partial charge in [-0.3, -0.25) is 4.79 Å². The third-order valence-corrected chi connectivity index (χ3v) is 5.33. The largest absolute Gasteiger partial charge is 0.445 e.